The lowest BCUT2D eigenvalue weighted by Crippen LogP contribution is -2.32. The first-order valence-electron chi connectivity index (χ1n) is 7.68. The number of carbonyl (C=O) groups is 1. The van der Waals surface area contributed by atoms with Crippen molar-refractivity contribution in [2.24, 2.45) is 0 Å². The van der Waals surface area contributed by atoms with E-state index in [4.69, 9.17) is 4.74 Å². The Labute approximate surface area is 139 Å². The summed E-state index contributed by atoms with van der Waals surface area (Å²) in [6.07, 6.45) is 0. The quantitative estimate of drug-likeness (QED) is 0.774. The summed E-state index contributed by atoms with van der Waals surface area (Å²) in [5, 5.41) is 5.00. The number of hydrogen-bond donors (Lipinski definition) is 2. The second kappa shape index (κ2) is 8.29. The first-order valence-corrected chi connectivity index (χ1v) is 7.68. The first-order chi connectivity index (χ1) is 11.5. The van der Waals surface area contributed by atoms with Crippen LogP contribution in [0.2, 0.25) is 0 Å². The molecule has 24 heavy (non-hydrogen) atoms. The van der Waals surface area contributed by atoms with Gasteiger partial charge >= 0.3 is 6.03 Å². The van der Waals surface area contributed by atoms with Gasteiger partial charge in [0.05, 0.1) is 6.54 Å². The molecule has 128 valence electrons. The van der Waals surface area contributed by atoms with Gasteiger partial charge in [0, 0.05) is 11.8 Å². The maximum absolute atomic E-state index is 13.0. The minimum Gasteiger partial charge on any atom is -0.492 e. The lowest BCUT2D eigenvalue weighted by Gasteiger charge is -2.11. The first kappa shape index (κ1) is 17.7. The lowest BCUT2D eigenvalue weighted by atomic mass is 10.0. The van der Waals surface area contributed by atoms with Crippen LogP contribution in [0.3, 0.4) is 0 Å². The Kier molecular flexibility index (Phi) is 6.12. The molecule has 0 unspecified atom stereocenters. The van der Waals surface area contributed by atoms with Gasteiger partial charge in [-0.2, -0.15) is 0 Å². The van der Waals surface area contributed by atoms with Gasteiger partial charge in [0.15, 0.2) is 11.6 Å². The fourth-order valence-corrected chi connectivity index (χ4v) is 2.05. The summed E-state index contributed by atoms with van der Waals surface area (Å²) in [7, 11) is 0. The number of carbonyl (C=O) groups excluding carboxylic acids is 1. The molecule has 6 heteroatoms. The van der Waals surface area contributed by atoms with Crippen LogP contribution in [0.15, 0.2) is 42.5 Å². The third-order valence-corrected chi connectivity index (χ3v) is 3.36. The van der Waals surface area contributed by atoms with E-state index in [9.17, 15) is 13.6 Å². The number of amides is 2. The fourth-order valence-electron chi connectivity index (χ4n) is 2.05. The van der Waals surface area contributed by atoms with E-state index in [1.165, 1.54) is 11.6 Å². The molecule has 0 saturated heterocycles. The van der Waals surface area contributed by atoms with Crippen molar-refractivity contribution in [1.29, 1.82) is 0 Å². The topological polar surface area (TPSA) is 50.4 Å². The van der Waals surface area contributed by atoms with Crippen molar-refractivity contribution in [2.45, 2.75) is 19.8 Å². The molecule has 2 aromatic carbocycles. The molecule has 0 fully saturated rings. The maximum Gasteiger partial charge on any atom is 0.319 e. The van der Waals surface area contributed by atoms with Crippen molar-refractivity contribution < 1.29 is 18.3 Å². The van der Waals surface area contributed by atoms with Crippen LogP contribution in [-0.2, 0) is 0 Å². The molecule has 2 rings (SSSR count). The predicted molar refractivity (Wildman–Crippen MR) is 89.4 cm³/mol. The average molecular weight is 334 g/mol. The van der Waals surface area contributed by atoms with Crippen molar-refractivity contribution in [3.8, 4) is 5.75 Å². The summed E-state index contributed by atoms with van der Waals surface area (Å²) < 4.78 is 31.4. The average Bonchev–Trinajstić information content (AvgIpc) is 2.55. The Bertz CT molecular complexity index is 705. The second-order valence-corrected chi connectivity index (χ2v) is 5.59. The molecule has 2 N–H and O–H groups in total. The third-order valence-electron chi connectivity index (χ3n) is 3.36. The fraction of sp³-hybridized carbons (Fsp3) is 0.278. The number of benzene rings is 2. The minimum atomic E-state index is -1.01. The van der Waals surface area contributed by atoms with E-state index in [-0.39, 0.29) is 12.2 Å². The van der Waals surface area contributed by atoms with Crippen molar-refractivity contribution in [3.63, 3.8) is 0 Å². The molecule has 2 amide bonds. The van der Waals surface area contributed by atoms with Crippen LogP contribution in [-0.4, -0.2) is 19.2 Å². The third kappa shape index (κ3) is 5.22. The van der Waals surface area contributed by atoms with E-state index >= 15 is 0 Å². The molecule has 4 nitrogen and oxygen atoms in total. The smallest absolute Gasteiger partial charge is 0.319 e. The zero-order valence-electron chi connectivity index (χ0n) is 13.6. The molecular formula is C18H20F2N2O2. The standard InChI is InChI=1S/C18H20F2N2O2/c1-12(2)13-4-3-5-15(10-13)24-9-8-21-18(23)22-14-6-7-16(19)17(20)11-14/h3-7,10-12H,8-9H2,1-2H3,(H2,21,22,23). The van der Waals surface area contributed by atoms with Crippen LogP contribution in [0.5, 0.6) is 5.75 Å². The monoisotopic (exact) mass is 334 g/mol. The van der Waals surface area contributed by atoms with Crippen LogP contribution in [0, 0.1) is 11.6 Å². The largest absolute Gasteiger partial charge is 0.492 e. The van der Waals surface area contributed by atoms with E-state index in [1.54, 1.807) is 0 Å². The van der Waals surface area contributed by atoms with Crippen LogP contribution in [0.1, 0.15) is 25.3 Å². The van der Waals surface area contributed by atoms with Crippen LogP contribution >= 0.6 is 0 Å². The lowest BCUT2D eigenvalue weighted by molar-refractivity contribution is 0.247. The number of nitrogens with one attached hydrogen (secondary N) is 2. The molecule has 2 aromatic rings. The molecule has 0 heterocycles. The highest BCUT2D eigenvalue weighted by molar-refractivity contribution is 5.89. The van der Waals surface area contributed by atoms with E-state index in [1.807, 2.05) is 24.3 Å². The summed E-state index contributed by atoms with van der Waals surface area (Å²) in [4.78, 5) is 11.7. The zero-order valence-corrected chi connectivity index (χ0v) is 13.6. The van der Waals surface area contributed by atoms with Crippen molar-refractivity contribution in [2.75, 3.05) is 18.5 Å². The van der Waals surface area contributed by atoms with Gasteiger partial charge in [-0.25, -0.2) is 13.6 Å². The Balaban J connectivity index is 1.74. The Hall–Kier alpha value is -2.63. The Morgan fingerprint density at radius 3 is 2.62 bits per heavy atom. The molecule has 0 aromatic heterocycles. The van der Waals surface area contributed by atoms with Crippen LogP contribution in [0.25, 0.3) is 0 Å². The summed E-state index contributed by atoms with van der Waals surface area (Å²) in [6.45, 7) is 4.78. The van der Waals surface area contributed by atoms with Gasteiger partial charge in [0.25, 0.3) is 0 Å². The number of ether oxygens (including phenoxy) is 1. The molecule has 0 spiro atoms. The number of rotatable bonds is 6. The minimum absolute atomic E-state index is 0.178. The molecule has 0 aliphatic heterocycles. The Morgan fingerprint density at radius 1 is 1.12 bits per heavy atom. The van der Waals surface area contributed by atoms with Gasteiger partial charge in [-0.3, -0.25) is 0 Å². The van der Waals surface area contributed by atoms with E-state index in [0.29, 0.717) is 12.5 Å². The highest BCUT2D eigenvalue weighted by Gasteiger charge is 2.06. The second-order valence-electron chi connectivity index (χ2n) is 5.59. The number of anilines is 1. The number of urea groups is 1. The van der Waals surface area contributed by atoms with E-state index in [2.05, 4.69) is 24.5 Å². The van der Waals surface area contributed by atoms with Crippen LogP contribution in [0.4, 0.5) is 19.3 Å². The SMILES string of the molecule is CC(C)c1cccc(OCCNC(=O)Nc2ccc(F)c(F)c2)c1. The van der Waals surface area contributed by atoms with Gasteiger partial charge in [0.2, 0.25) is 0 Å². The summed E-state index contributed by atoms with van der Waals surface area (Å²) in [6, 6.07) is 10.4. The molecule has 0 aliphatic carbocycles. The van der Waals surface area contributed by atoms with Gasteiger partial charge in [-0.05, 0) is 35.7 Å². The number of halogens is 2. The van der Waals surface area contributed by atoms with Crippen molar-refractivity contribution >= 4 is 11.7 Å². The molecule has 0 aliphatic rings. The molecule has 0 radical (unpaired) electrons. The van der Waals surface area contributed by atoms with Crippen molar-refractivity contribution in [3.05, 3.63) is 59.7 Å². The Morgan fingerprint density at radius 2 is 1.92 bits per heavy atom. The molecule has 0 saturated carbocycles. The zero-order chi connectivity index (χ0) is 17.5. The summed E-state index contributed by atoms with van der Waals surface area (Å²) in [5.41, 5.74) is 1.36. The molecule has 0 bridgehead atoms. The van der Waals surface area contributed by atoms with Gasteiger partial charge in [-0.15, -0.1) is 0 Å². The molecular weight excluding hydrogens is 314 g/mol. The van der Waals surface area contributed by atoms with Crippen LogP contribution < -0.4 is 15.4 Å². The highest BCUT2D eigenvalue weighted by atomic mass is 19.2. The number of hydrogen-bond acceptors (Lipinski definition) is 2. The van der Waals surface area contributed by atoms with Gasteiger partial charge in [-0.1, -0.05) is 26.0 Å². The molecule has 0 atom stereocenters. The summed E-state index contributed by atoms with van der Waals surface area (Å²) >= 11 is 0. The predicted octanol–water partition coefficient (Wildman–Crippen LogP) is 4.29. The summed E-state index contributed by atoms with van der Waals surface area (Å²) in [5.74, 6) is -0.822. The van der Waals surface area contributed by atoms with Gasteiger partial charge in [0.1, 0.15) is 12.4 Å². The maximum atomic E-state index is 13.0. The van der Waals surface area contributed by atoms with E-state index < -0.39 is 17.7 Å². The highest BCUT2D eigenvalue weighted by Crippen LogP contribution is 2.19. The normalized spacial score (nSPS) is 10.5. The van der Waals surface area contributed by atoms with Gasteiger partial charge < -0.3 is 15.4 Å². The van der Waals surface area contributed by atoms with E-state index in [0.717, 1.165) is 17.9 Å². The van der Waals surface area contributed by atoms with Crippen molar-refractivity contribution in [1.82, 2.24) is 5.32 Å².